The first kappa shape index (κ1) is 8.44. The van der Waals surface area contributed by atoms with E-state index < -0.39 is 0 Å². The minimum absolute atomic E-state index is 0.362. The largest absolute Gasteiger partial charge is 0.368 e. The van der Waals surface area contributed by atoms with Gasteiger partial charge >= 0.3 is 0 Å². The number of fused-ring (bicyclic) bond motifs is 1. The molecular formula is C9H14N4. The Labute approximate surface area is 77.4 Å². The molecule has 0 saturated carbocycles. The van der Waals surface area contributed by atoms with Crippen molar-refractivity contribution in [3.63, 3.8) is 0 Å². The molecule has 0 fully saturated rings. The predicted octanol–water partition coefficient (Wildman–Crippen LogP) is 0.396. The Morgan fingerprint density at radius 1 is 1.15 bits per heavy atom. The summed E-state index contributed by atoms with van der Waals surface area (Å²) in [4.78, 5) is 8.38. The zero-order valence-electron chi connectivity index (χ0n) is 7.58. The first-order valence-electron chi connectivity index (χ1n) is 4.65. The van der Waals surface area contributed by atoms with Gasteiger partial charge in [0, 0.05) is 12.2 Å². The second kappa shape index (κ2) is 3.30. The van der Waals surface area contributed by atoms with Gasteiger partial charge in [-0.1, -0.05) is 0 Å². The normalized spacial score (nSPS) is 15.5. The summed E-state index contributed by atoms with van der Waals surface area (Å²) in [5.74, 6) is 0.362. The monoisotopic (exact) mass is 178 g/mol. The third-order valence-corrected chi connectivity index (χ3v) is 2.48. The Kier molecular flexibility index (Phi) is 2.14. The highest BCUT2D eigenvalue weighted by atomic mass is 15.0. The van der Waals surface area contributed by atoms with Crippen LogP contribution in [0.4, 0.5) is 5.95 Å². The van der Waals surface area contributed by atoms with Gasteiger partial charge in [-0.15, -0.1) is 0 Å². The molecule has 0 bridgehead atoms. The number of hydrogen-bond acceptors (Lipinski definition) is 4. The van der Waals surface area contributed by atoms with Crippen molar-refractivity contribution in [2.45, 2.75) is 32.2 Å². The van der Waals surface area contributed by atoms with Gasteiger partial charge in [0.2, 0.25) is 5.95 Å². The van der Waals surface area contributed by atoms with Crippen molar-refractivity contribution in [2.75, 3.05) is 5.73 Å². The topological polar surface area (TPSA) is 77.8 Å². The standard InChI is InChI=1S/C9H14N4/c10-5-8-6-3-1-2-4-7(6)12-9(11)13-8/h1-5,10H2,(H2,11,12,13). The van der Waals surface area contributed by atoms with Crippen molar-refractivity contribution in [3.8, 4) is 0 Å². The molecule has 4 heteroatoms. The highest BCUT2D eigenvalue weighted by Crippen LogP contribution is 2.22. The molecular weight excluding hydrogens is 164 g/mol. The van der Waals surface area contributed by atoms with E-state index in [9.17, 15) is 0 Å². The summed E-state index contributed by atoms with van der Waals surface area (Å²) in [5.41, 5.74) is 14.5. The van der Waals surface area contributed by atoms with Gasteiger partial charge in [-0.3, -0.25) is 0 Å². The average molecular weight is 178 g/mol. The van der Waals surface area contributed by atoms with Gasteiger partial charge in [0.25, 0.3) is 0 Å². The molecule has 2 rings (SSSR count). The number of aryl methyl sites for hydroxylation is 1. The molecule has 4 nitrogen and oxygen atoms in total. The summed E-state index contributed by atoms with van der Waals surface area (Å²) in [6.07, 6.45) is 4.50. The van der Waals surface area contributed by atoms with Crippen LogP contribution in [0, 0.1) is 0 Å². The maximum absolute atomic E-state index is 5.60. The lowest BCUT2D eigenvalue weighted by Crippen LogP contribution is -2.15. The van der Waals surface area contributed by atoms with E-state index in [1.165, 1.54) is 18.4 Å². The van der Waals surface area contributed by atoms with Gasteiger partial charge in [0.15, 0.2) is 0 Å². The zero-order chi connectivity index (χ0) is 9.26. The molecule has 1 aliphatic carbocycles. The lowest BCUT2D eigenvalue weighted by molar-refractivity contribution is 0.653. The van der Waals surface area contributed by atoms with Crippen LogP contribution in [0.3, 0.4) is 0 Å². The highest BCUT2D eigenvalue weighted by molar-refractivity contribution is 5.33. The van der Waals surface area contributed by atoms with Crippen molar-refractivity contribution < 1.29 is 0 Å². The Morgan fingerprint density at radius 3 is 2.69 bits per heavy atom. The molecule has 13 heavy (non-hydrogen) atoms. The average Bonchev–Trinajstić information content (AvgIpc) is 2.16. The van der Waals surface area contributed by atoms with E-state index in [1.807, 2.05) is 0 Å². The van der Waals surface area contributed by atoms with Gasteiger partial charge in [-0.2, -0.15) is 0 Å². The molecule has 0 spiro atoms. The van der Waals surface area contributed by atoms with Gasteiger partial charge in [0.1, 0.15) is 0 Å². The smallest absolute Gasteiger partial charge is 0.220 e. The third-order valence-electron chi connectivity index (χ3n) is 2.48. The maximum atomic E-state index is 5.60. The molecule has 1 aromatic heterocycles. The zero-order valence-corrected chi connectivity index (χ0v) is 7.58. The minimum atomic E-state index is 0.362. The molecule has 4 N–H and O–H groups in total. The lowest BCUT2D eigenvalue weighted by Gasteiger charge is -2.17. The van der Waals surface area contributed by atoms with E-state index in [0.29, 0.717) is 12.5 Å². The second-order valence-corrected chi connectivity index (χ2v) is 3.36. The maximum Gasteiger partial charge on any atom is 0.220 e. The van der Waals surface area contributed by atoms with E-state index in [1.54, 1.807) is 0 Å². The van der Waals surface area contributed by atoms with Crippen LogP contribution in [0.1, 0.15) is 29.8 Å². The highest BCUT2D eigenvalue weighted by Gasteiger charge is 2.15. The Hall–Kier alpha value is -1.16. The van der Waals surface area contributed by atoms with Crippen LogP contribution in [-0.2, 0) is 19.4 Å². The minimum Gasteiger partial charge on any atom is -0.368 e. The van der Waals surface area contributed by atoms with E-state index >= 15 is 0 Å². The summed E-state index contributed by atoms with van der Waals surface area (Å²) in [7, 11) is 0. The fourth-order valence-corrected chi connectivity index (χ4v) is 1.86. The number of aromatic nitrogens is 2. The van der Waals surface area contributed by atoms with Crippen LogP contribution in [-0.4, -0.2) is 9.97 Å². The van der Waals surface area contributed by atoms with Crippen LogP contribution < -0.4 is 11.5 Å². The number of nitrogens with two attached hydrogens (primary N) is 2. The Morgan fingerprint density at radius 2 is 1.92 bits per heavy atom. The van der Waals surface area contributed by atoms with Gasteiger partial charge in [0.05, 0.1) is 5.69 Å². The molecule has 1 aromatic rings. The quantitative estimate of drug-likeness (QED) is 0.652. The van der Waals surface area contributed by atoms with Crippen molar-refractivity contribution in [1.82, 2.24) is 9.97 Å². The fraction of sp³-hybridized carbons (Fsp3) is 0.556. The molecule has 1 aliphatic rings. The Balaban J connectivity index is 2.50. The van der Waals surface area contributed by atoms with Gasteiger partial charge < -0.3 is 11.5 Å². The molecule has 0 unspecified atom stereocenters. The van der Waals surface area contributed by atoms with Crippen molar-refractivity contribution in [1.29, 1.82) is 0 Å². The SMILES string of the molecule is NCc1nc(N)nc2c1CCCC2. The molecule has 0 aliphatic heterocycles. The van der Waals surface area contributed by atoms with Crippen LogP contribution in [0.25, 0.3) is 0 Å². The first-order chi connectivity index (χ1) is 6.31. The summed E-state index contributed by atoms with van der Waals surface area (Å²) >= 11 is 0. The summed E-state index contributed by atoms with van der Waals surface area (Å²) in [5, 5.41) is 0. The van der Waals surface area contributed by atoms with Crippen molar-refractivity contribution in [2.24, 2.45) is 5.73 Å². The second-order valence-electron chi connectivity index (χ2n) is 3.36. The summed E-state index contributed by atoms with van der Waals surface area (Å²) < 4.78 is 0. The number of nitrogen functional groups attached to an aromatic ring is 1. The predicted molar refractivity (Wildman–Crippen MR) is 51.0 cm³/mol. The van der Waals surface area contributed by atoms with Gasteiger partial charge in [-0.05, 0) is 31.2 Å². The van der Waals surface area contributed by atoms with Crippen molar-refractivity contribution >= 4 is 5.95 Å². The number of hydrogen-bond donors (Lipinski definition) is 2. The molecule has 0 saturated heterocycles. The molecule has 0 atom stereocenters. The van der Waals surface area contributed by atoms with Crippen LogP contribution in [0.5, 0.6) is 0 Å². The van der Waals surface area contributed by atoms with Gasteiger partial charge in [-0.25, -0.2) is 9.97 Å². The number of anilines is 1. The van der Waals surface area contributed by atoms with E-state index in [4.69, 9.17) is 11.5 Å². The van der Waals surface area contributed by atoms with Crippen molar-refractivity contribution in [3.05, 3.63) is 17.0 Å². The Bertz CT molecular complexity index is 304. The van der Waals surface area contributed by atoms with Crippen LogP contribution in [0.2, 0.25) is 0 Å². The van der Waals surface area contributed by atoms with E-state index in [2.05, 4.69) is 9.97 Å². The molecule has 1 heterocycles. The number of rotatable bonds is 1. The fourth-order valence-electron chi connectivity index (χ4n) is 1.86. The number of nitrogens with zero attached hydrogens (tertiary/aromatic N) is 2. The summed E-state index contributed by atoms with van der Waals surface area (Å²) in [6, 6.07) is 0. The van der Waals surface area contributed by atoms with E-state index in [0.717, 1.165) is 24.2 Å². The molecule has 70 valence electrons. The van der Waals surface area contributed by atoms with E-state index in [-0.39, 0.29) is 0 Å². The lowest BCUT2D eigenvalue weighted by atomic mass is 9.95. The van der Waals surface area contributed by atoms with Crippen LogP contribution >= 0.6 is 0 Å². The first-order valence-corrected chi connectivity index (χ1v) is 4.65. The molecule has 0 aromatic carbocycles. The summed E-state index contributed by atoms with van der Waals surface area (Å²) in [6.45, 7) is 0.467. The molecule has 0 radical (unpaired) electrons. The van der Waals surface area contributed by atoms with Crippen LogP contribution in [0.15, 0.2) is 0 Å². The molecule has 0 amide bonds. The third kappa shape index (κ3) is 1.49.